The number of carbonyl (C=O) groups is 1. The van der Waals surface area contributed by atoms with Crippen LogP contribution < -0.4 is 0 Å². The van der Waals surface area contributed by atoms with Gasteiger partial charge in [-0.05, 0) is 24.8 Å². The summed E-state index contributed by atoms with van der Waals surface area (Å²) in [7, 11) is 1.22. The summed E-state index contributed by atoms with van der Waals surface area (Å²) >= 11 is 0. The minimum absolute atomic E-state index is 0.116. The number of alkyl halides is 2. The molecule has 1 heterocycles. The van der Waals surface area contributed by atoms with Crippen molar-refractivity contribution >= 4 is 5.97 Å². The minimum atomic E-state index is -3.36. The highest BCUT2D eigenvalue weighted by Crippen LogP contribution is 2.35. The van der Waals surface area contributed by atoms with Crippen LogP contribution in [-0.4, -0.2) is 23.0 Å². The molecule has 25 heavy (non-hydrogen) atoms. The van der Waals surface area contributed by atoms with Crippen molar-refractivity contribution in [2.24, 2.45) is 0 Å². The quantitative estimate of drug-likeness (QED) is 0.775. The largest absolute Gasteiger partial charge is 0.465 e. The van der Waals surface area contributed by atoms with Gasteiger partial charge < -0.3 is 4.74 Å². The molecule has 1 aromatic carbocycles. The second-order valence-corrected chi connectivity index (χ2v) is 6.99. The number of esters is 1. The van der Waals surface area contributed by atoms with Gasteiger partial charge in [0.15, 0.2) is 0 Å². The molecule has 6 heteroatoms. The van der Waals surface area contributed by atoms with Crippen molar-refractivity contribution in [2.45, 2.75) is 46.0 Å². The fourth-order valence-corrected chi connectivity index (χ4v) is 2.56. The molecule has 0 aliphatic heterocycles. The Morgan fingerprint density at radius 3 is 1.80 bits per heavy atom. The molecule has 0 radical (unpaired) electrons. The number of nitrogens with zero attached hydrogens (tertiary/aromatic N) is 2. The molecule has 0 aliphatic rings. The SMILES string of the molecule is COC(=O)c1c(C)nc(C(F)(F)c2ccc(C(C)(C)C)cc2)nc1C. The van der Waals surface area contributed by atoms with E-state index in [0.29, 0.717) is 0 Å². The van der Waals surface area contributed by atoms with Crippen LogP contribution in [0.3, 0.4) is 0 Å². The number of hydrogen-bond donors (Lipinski definition) is 0. The third-order valence-corrected chi connectivity index (χ3v) is 4.05. The Kier molecular flexibility index (Phi) is 4.93. The van der Waals surface area contributed by atoms with Gasteiger partial charge in [-0.2, -0.15) is 8.78 Å². The van der Waals surface area contributed by atoms with Crippen LogP contribution in [0, 0.1) is 13.8 Å². The Morgan fingerprint density at radius 1 is 0.960 bits per heavy atom. The number of methoxy groups -OCH3 is 1. The zero-order valence-corrected chi connectivity index (χ0v) is 15.3. The highest BCUT2D eigenvalue weighted by molar-refractivity contribution is 5.91. The van der Waals surface area contributed by atoms with E-state index in [2.05, 4.69) is 14.7 Å². The topological polar surface area (TPSA) is 52.1 Å². The maximum Gasteiger partial charge on any atom is 0.341 e. The average Bonchev–Trinajstić information content (AvgIpc) is 2.53. The van der Waals surface area contributed by atoms with Gasteiger partial charge in [0.25, 0.3) is 0 Å². The Morgan fingerprint density at radius 2 is 1.40 bits per heavy atom. The number of carbonyl (C=O) groups excluding carboxylic acids is 1. The lowest BCUT2D eigenvalue weighted by Gasteiger charge is -2.21. The number of aryl methyl sites for hydroxylation is 2. The Labute approximate surface area is 146 Å². The van der Waals surface area contributed by atoms with E-state index in [1.54, 1.807) is 12.1 Å². The predicted molar refractivity (Wildman–Crippen MR) is 91.0 cm³/mol. The van der Waals surface area contributed by atoms with Crippen LogP contribution in [0.5, 0.6) is 0 Å². The first-order valence-corrected chi connectivity index (χ1v) is 7.91. The van der Waals surface area contributed by atoms with E-state index < -0.39 is 17.7 Å². The normalized spacial score (nSPS) is 12.2. The van der Waals surface area contributed by atoms with Gasteiger partial charge in [0.2, 0.25) is 5.82 Å². The van der Waals surface area contributed by atoms with E-state index in [1.165, 1.54) is 33.1 Å². The molecule has 0 saturated heterocycles. The van der Waals surface area contributed by atoms with Gasteiger partial charge in [-0.1, -0.05) is 45.0 Å². The number of benzene rings is 1. The van der Waals surface area contributed by atoms with Gasteiger partial charge in [-0.3, -0.25) is 0 Å². The Bertz CT molecular complexity index is 771. The van der Waals surface area contributed by atoms with Crippen molar-refractivity contribution in [3.63, 3.8) is 0 Å². The van der Waals surface area contributed by atoms with Crippen LogP contribution >= 0.6 is 0 Å². The van der Waals surface area contributed by atoms with Crippen LogP contribution in [0.25, 0.3) is 0 Å². The summed E-state index contributed by atoms with van der Waals surface area (Å²) in [4.78, 5) is 19.4. The highest BCUT2D eigenvalue weighted by Gasteiger charge is 2.38. The molecule has 0 N–H and O–H groups in total. The summed E-state index contributed by atoms with van der Waals surface area (Å²) in [6.07, 6.45) is 0. The Balaban J connectivity index is 2.48. The van der Waals surface area contributed by atoms with Crippen molar-refractivity contribution in [1.82, 2.24) is 9.97 Å². The second-order valence-electron chi connectivity index (χ2n) is 6.99. The molecule has 0 unspecified atom stereocenters. The first-order valence-electron chi connectivity index (χ1n) is 7.91. The van der Waals surface area contributed by atoms with Crippen molar-refractivity contribution in [3.8, 4) is 0 Å². The Hall–Kier alpha value is -2.37. The molecule has 0 aliphatic carbocycles. The van der Waals surface area contributed by atoms with E-state index in [1.807, 2.05) is 20.8 Å². The molecule has 0 fully saturated rings. The molecule has 0 atom stereocenters. The monoisotopic (exact) mass is 348 g/mol. The van der Waals surface area contributed by atoms with Crippen LogP contribution in [0.1, 0.15) is 59.5 Å². The van der Waals surface area contributed by atoms with Crippen LogP contribution in [0.2, 0.25) is 0 Å². The molecule has 0 amide bonds. The number of halogens is 2. The third-order valence-electron chi connectivity index (χ3n) is 4.05. The summed E-state index contributed by atoms with van der Waals surface area (Å²) in [5, 5.41) is 0. The number of rotatable bonds is 3. The van der Waals surface area contributed by atoms with Gasteiger partial charge in [0, 0.05) is 5.56 Å². The van der Waals surface area contributed by atoms with Crippen LogP contribution in [0.15, 0.2) is 24.3 Å². The first kappa shape index (κ1) is 19.0. The van der Waals surface area contributed by atoms with Gasteiger partial charge in [-0.15, -0.1) is 0 Å². The van der Waals surface area contributed by atoms with Crippen molar-refractivity contribution in [2.75, 3.05) is 7.11 Å². The van der Waals surface area contributed by atoms with Gasteiger partial charge in [-0.25, -0.2) is 14.8 Å². The first-order chi connectivity index (χ1) is 11.5. The molecule has 2 rings (SSSR count). The predicted octanol–water partition coefficient (Wildman–Crippen LogP) is 4.32. The maximum atomic E-state index is 14.9. The van der Waals surface area contributed by atoms with E-state index in [4.69, 9.17) is 0 Å². The molecule has 0 saturated carbocycles. The molecule has 0 bridgehead atoms. The lowest BCUT2D eigenvalue weighted by atomic mass is 9.86. The molecular weight excluding hydrogens is 326 g/mol. The summed E-state index contributed by atoms with van der Waals surface area (Å²) in [6, 6.07) is 6.16. The summed E-state index contributed by atoms with van der Waals surface area (Å²) in [5.41, 5.74) is 1.09. The smallest absolute Gasteiger partial charge is 0.341 e. The lowest BCUT2D eigenvalue weighted by molar-refractivity contribution is 0.0320. The average molecular weight is 348 g/mol. The minimum Gasteiger partial charge on any atom is -0.465 e. The van der Waals surface area contributed by atoms with E-state index >= 15 is 0 Å². The fraction of sp³-hybridized carbons (Fsp3) is 0.421. The van der Waals surface area contributed by atoms with E-state index in [9.17, 15) is 13.6 Å². The van der Waals surface area contributed by atoms with Crippen molar-refractivity contribution in [1.29, 1.82) is 0 Å². The zero-order valence-electron chi connectivity index (χ0n) is 15.3. The van der Waals surface area contributed by atoms with Crippen LogP contribution in [0.4, 0.5) is 8.78 Å². The maximum absolute atomic E-state index is 14.9. The molecule has 1 aromatic heterocycles. The summed E-state index contributed by atoms with van der Waals surface area (Å²) in [6.45, 7) is 9.02. The summed E-state index contributed by atoms with van der Waals surface area (Å²) in [5.74, 6) is -4.63. The van der Waals surface area contributed by atoms with Crippen molar-refractivity contribution in [3.05, 3.63) is 58.2 Å². The van der Waals surface area contributed by atoms with Crippen LogP contribution in [-0.2, 0) is 16.1 Å². The van der Waals surface area contributed by atoms with Crippen molar-refractivity contribution < 1.29 is 18.3 Å². The lowest BCUT2D eigenvalue weighted by Crippen LogP contribution is -2.23. The van der Waals surface area contributed by atoms with Gasteiger partial charge >= 0.3 is 11.9 Å². The number of hydrogen-bond acceptors (Lipinski definition) is 4. The highest BCUT2D eigenvalue weighted by atomic mass is 19.3. The van der Waals surface area contributed by atoms with Gasteiger partial charge in [0.05, 0.1) is 18.5 Å². The zero-order chi connectivity index (χ0) is 19.0. The molecule has 0 spiro atoms. The molecule has 4 nitrogen and oxygen atoms in total. The fourth-order valence-electron chi connectivity index (χ4n) is 2.56. The standard InChI is InChI=1S/C19H22F2N2O2/c1-11-15(16(24)25-6)12(2)23-17(22-11)19(20,21)14-9-7-13(8-10-14)18(3,4)5/h7-10H,1-6H3. The van der Waals surface area contributed by atoms with E-state index in [-0.39, 0.29) is 27.9 Å². The summed E-state index contributed by atoms with van der Waals surface area (Å²) < 4.78 is 34.3. The number of aromatic nitrogens is 2. The van der Waals surface area contributed by atoms with E-state index in [0.717, 1.165) is 5.56 Å². The second kappa shape index (κ2) is 6.50. The molecule has 134 valence electrons. The number of ether oxygens (including phenoxy) is 1. The van der Waals surface area contributed by atoms with Gasteiger partial charge in [0.1, 0.15) is 5.56 Å². The molecule has 2 aromatic rings. The third kappa shape index (κ3) is 3.67. The molecular formula is C19H22F2N2O2.